The van der Waals surface area contributed by atoms with Crippen molar-refractivity contribution in [3.05, 3.63) is 87.9 Å². The Hall–Kier alpha value is -1.71. The molecule has 3 aromatic carbocycles. The van der Waals surface area contributed by atoms with E-state index in [0.717, 1.165) is 28.0 Å². The van der Waals surface area contributed by atoms with E-state index in [9.17, 15) is 0 Å². The van der Waals surface area contributed by atoms with Gasteiger partial charge in [0.2, 0.25) is 0 Å². The number of benzene rings is 3. The Morgan fingerprint density at radius 1 is 0.800 bits per heavy atom. The van der Waals surface area contributed by atoms with Crippen LogP contribution in [0.3, 0.4) is 0 Å². The van der Waals surface area contributed by atoms with Crippen LogP contribution in [0.2, 0.25) is 10.0 Å². The van der Waals surface area contributed by atoms with Crippen molar-refractivity contribution in [3.8, 4) is 16.9 Å². The highest BCUT2D eigenvalue weighted by Gasteiger charge is 2.11. The quantitative estimate of drug-likeness (QED) is 0.566. The summed E-state index contributed by atoms with van der Waals surface area (Å²) >= 11 is 12.4. The summed E-state index contributed by atoms with van der Waals surface area (Å²) in [7, 11) is 0. The fourth-order valence-corrected chi connectivity index (χ4v) is 2.99. The minimum atomic E-state index is 0. The molecule has 2 N–H and O–H groups in total. The minimum absolute atomic E-state index is 0. The van der Waals surface area contributed by atoms with E-state index >= 15 is 0 Å². The lowest BCUT2D eigenvalue weighted by Crippen LogP contribution is -2.01. The fourth-order valence-electron chi connectivity index (χ4n) is 2.48. The molecule has 0 fully saturated rings. The van der Waals surface area contributed by atoms with E-state index in [-0.39, 0.29) is 12.4 Å². The SMILES string of the molecule is Cl.NCc1ccc(-c2ccc(Cl)cc2Cl)c(OCc2ccccc2)c1. The van der Waals surface area contributed by atoms with E-state index < -0.39 is 0 Å². The van der Waals surface area contributed by atoms with Gasteiger partial charge in [0.15, 0.2) is 0 Å². The van der Waals surface area contributed by atoms with E-state index in [1.54, 1.807) is 6.07 Å². The maximum absolute atomic E-state index is 6.36. The summed E-state index contributed by atoms with van der Waals surface area (Å²) in [6, 6.07) is 21.4. The number of hydrogen-bond donors (Lipinski definition) is 1. The fraction of sp³-hybridized carbons (Fsp3) is 0.100. The Bertz CT molecular complexity index is 838. The molecule has 0 radical (unpaired) electrons. The zero-order chi connectivity index (χ0) is 16.9. The summed E-state index contributed by atoms with van der Waals surface area (Å²) in [6.45, 7) is 0.934. The molecule has 0 spiro atoms. The minimum Gasteiger partial charge on any atom is -0.488 e. The monoisotopic (exact) mass is 393 g/mol. The Labute approximate surface area is 163 Å². The lowest BCUT2D eigenvalue weighted by Gasteiger charge is -2.14. The molecule has 3 aromatic rings. The van der Waals surface area contributed by atoms with Gasteiger partial charge in [-0.25, -0.2) is 0 Å². The maximum atomic E-state index is 6.36. The molecule has 5 heteroatoms. The topological polar surface area (TPSA) is 35.2 Å². The maximum Gasteiger partial charge on any atom is 0.128 e. The molecule has 25 heavy (non-hydrogen) atoms. The second-order valence-electron chi connectivity index (χ2n) is 5.43. The van der Waals surface area contributed by atoms with Crippen molar-refractivity contribution in [1.29, 1.82) is 0 Å². The van der Waals surface area contributed by atoms with Crippen LogP contribution in [0.25, 0.3) is 11.1 Å². The zero-order valence-electron chi connectivity index (χ0n) is 13.4. The van der Waals surface area contributed by atoms with E-state index in [4.69, 9.17) is 33.7 Å². The lowest BCUT2D eigenvalue weighted by molar-refractivity contribution is 0.307. The summed E-state index contributed by atoms with van der Waals surface area (Å²) in [4.78, 5) is 0. The van der Waals surface area contributed by atoms with E-state index in [1.165, 1.54) is 0 Å². The van der Waals surface area contributed by atoms with E-state index in [2.05, 4.69) is 0 Å². The molecule has 0 amide bonds. The van der Waals surface area contributed by atoms with Crippen molar-refractivity contribution in [3.63, 3.8) is 0 Å². The first-order chi connectivity index (χ1) is 11.7. The summed E-state index contributed by atoms with van der Waals surface area (Å²) in [5, 5.41) is 1.20. The van der Waals surface area contributed by atoms with Crippen molar-refractivity contribution in [1.82, 2.24) is 0 Å². The van der Waals surface area contributed by atoms with E-state index in [0.29, 0.717) is 23.2 Å². The Morgan fingerprint density at radius 3 is 2.20 bits per heavy atom. The molecule has 0 aliphatic heterocycles. The molecule has 0 unspecified atom stereocenters. The first kappa shape index (κ1) is 19.6. The second kappa shape index (κ2) is 9.12. The van der Waals surface area contributed by atoms with Gasteiger partial charge in [-0.2, -0.15) is 0 Å². The van der Waals surface area contributed by atoms with Gasteiger partial charge in [-0.3, -0.25) is 0 Å². The van der Waals surface area contributed by atoms with Gasteiger partial charge in [-0.05, 0) is 29.3 Å². The number of rotatable bonds is 5. The summed E-state index contributed by atoms with van der Waals surface area (Å²) in [5.41, 5.74) is 9.68. The van der Waals surface area contributed by atoms with Crippen LogP contribution in [-0.4, -0.2) is 0 Å². The number of halogens is 3. The third-order valence-corrected chi connectivity index (χ3v) is 4.29. The van der Waals surface area contributed by atoms with Crippen LogP contribution in [0.1, 0.15) is 11.1 Å². The zero-order valence-corrected chi connectivity index (χ0v) is 15.7. The molecular weight excluding hydrogens is 377 g/mol. The van der Waals surface area contributed by atoms with Crippen LogP contribution in [0.15, 0.2) is 66.7 Å². The van der Waals surface area contributed by atoms with E-state index in [1.807, 2.05) is 60.7 Å². The smallest absolute Gasteiger partial charge is 0.128 e. The van der Waals surface area contributed by atoms with Crippen LogP contribution in [0, 0.1) is 0 Å². The lowest BCUT2D eigenvalue weighted by atomic mass is 10.0. The van der Waals surface area contributed by atoms with Crippen LogP contribution >= 0.6 is 35.6 Å². The van der Waals surface area contributed by atoms with Gasteiger partial charge >= 0.3 is 0 Å². The highest BCUT2D eigenvalue weighted by Crippen LogP contribution is 2.37. The summed E-state index contributed by atoms with van der Waals surface area (Å²) in [6.07, 6.45) is 0. The normalized spacial score (nSPS) is 10.2. The molecule has 0 aliphatic rings. The van der Waals surface area contributed by atoms with Crippen LogP contribution in [-0.2, 0) is 13.2 Å². The summed E-state index contributed by atoms with van der Waals surface area (Å²) < 4.78 is 6.06. The number of nitrogens with two attached hydrogens (primary N) is 1. The third-order valence-electron chi connectivity index (χ3n) is 3.74. The number of ether oxygens (including phenoxy) is 1. The first-order valence-electron chi connectivity index (χ1n) is 7.62. The third kappa shape index (κ3) is 4.90. The Kier molecular flexibility index (Phi) is 7.15. The first-order valence-corrected chi connectivity index (χ1v) is 8.38. The average molecular weight is 395 g/mol. The van der Waals surface area contributed by atoms with Gasteiger partial charge in [-0.15, -0.1) is 12.4 Å². The predicted octanol–water partition coefficient (Wildman–Crippen LogP) is 6.12. The standard InChI is InChI=1S/C20H17Cl2NO.ClH/c21-16-7-9-17(19(22)11-16)18-8-6-15(12-23)10-20(18)24-13-14-4-2-1-3-5-14;/h1-11H,12-13,23H2;1H. The molecule has 0 heterocycles. The average Bonchev–Trinajstić information content (AvgIpc) is 2.61. The molecule has 3 rings (SSSR count). The molecule has 0 aliphatic carbocycles. The molecule has 130 valence electrons. The van der Waals surface area contributed by atoms with Gasteiger partial charge in [0.25, 0.3) is 0 Å². The molecule has 0 bridgehead atoms. The largest absolute Gasteiger partial charge is 0.488 e. The molecule has 0 saturated heterocycles. The second-order valence-corrected chi connectivity index (χ2v) is 6.28. The van der Waals surface area contributed by atoms with Gasteiger partial charge < -0.3 is 10.5 Å². The van der Waals surface area contributed by atoms with Crippen molar-refractivity contribution in [2.75, 3.05) is 0 Å². The highest BCUT2D eigenvalue weighted by molar-refractivity contribution is 6.36. The van der Waals surface area contributed by atoms with Gasteiger partial charge in [0.1, 0.15) is 12.4 Å². The molecule has 0 atom stereocenters. The molecule has 2 nitrogen and oxygen atoms in total. The van der Waals surface area contributed by atoms with Crippen molar-refractivity contribution in [2.24, 2.45) is 5.73 Å². The number of hydrogen-bond acceptors (Lipinski definition) is 2. The molecule has 0 aromatic heterocycles. The van der Waals surface area contributed by atoms with Gasteiger partial charge in [-0.1, -0.05) is 71.7 Å². The summed E-state index contributed by atoms with van der Waals surface area (Å²) in [5.74, 6) is 0.756. The van der Waals surface area contributed by atoms with Crippen molar-refractivity contribution in [2.45, 2.75) is 13.2 Å². The highest BCUT2D eigenvalue weighted by atomic mass is 35.5. The van der Waals surface area contributed by atoms with Gasteiger partial charge in [0, 0.05) is 22.7 Å². The van der Waals surface area contributed by atoms with Crippen LogP contribution in [0.4, 0.5) is 0 Å². The van der Waals surface area contributed by atoms with Crippen molar-refractivity contribution < 1.29 is 4.74 Å². The van der Waals surface area contributed by atoms with Crippen molar-refractivity contribution >= 4 is 35.6 Å². The molecular formula is C20H18Cl3NO. The van der Waals surface area contributed by atoms with Crippen LogP contribution in [0.5, 0.6) is 5.75 Å². The van der Waals surface area contributed by atoms with Crippen LogP contribution < -0.4 is 10.5 Å². The Balaban J connectivity index is 0.00000225. The molecule has 0 saturated carbocycles. The predicted molar refractivity (Wildman–Crippen MR) is 108 cm³/mol. The Morgan fingerprint density at radius 2 is 1.52 bits per heavy atom. The van der Waals surface area contributed by atoms with Gasteiger partial charge in [0.05, 0.1) is 5.02 Å².